The Labute approximate surface area is 196 Å². The van der Waals surface area contributed by atoms with Crippen molar-refractivity contribution in [2.24, 2.45) is 5.92 Å². The number of amides is 2. The van der Waals surface area contributed by atoms with Crippen LogP contribution in [0.4, 0.5) is 10.5 Å². The number of aliphatic hydroxyl groups is 1. The molecule has 6 heteroatoms. The molecule has 2 fully saturated rings. The lowest BCUT2D eigenvalue weighted by Crippen LogP contribution is -2.50. The Bertz CT molecular complexity index is 987. The normalized spacial score (nSPS) is 24.9. The van der Waals surface area contributed by atoms with Gasteiger partial charge < -0.3 is 25.0 Å². The first-order valence-corrected chi connectivity index (χ1v) is 12.3. The summed E-state index contributed by atoms with van der Waals surface area (Å²) in [5, 5.41) is 13.6. The van der Waals surface area contributed by atoms with Crippen molar-refractivity contribution >= 4 is 11.7 Å². The molecule has 3 atom stereocenters. The van der Waals surface area contributed by atoms with E-state index < -0.39 is 0 Å². The Hall–Kier alpha value is -2.73. The van der Waals surface area contributed by atoms with Crippen molar-refractivity contribution in [3.8, 4) is 16.9 Å². The molecule has 2 N–H and O–H groups in total. The van der Waals surface area contributed by atoms with E-state index >= 15 is 0 Å². The minimum absolute atomic E-state index is 0.0156. The molecule has 2 aromatic rings. The summed E-state index contributed by atoms with van der Waals surface area (Å²) in [6, 6.07) is 15.0. The molecule has 1 aliphatic carbocycles. The molecule has 0 radical (unpaired) electrons. The van der Waals surface area contributed by atoms with Crippen LogP contribution in [0.2, 0.25) is 0 Å². The summed E-state index contributed by atoms with van der Waals surface area (Å²) in [5.74, 6) is 1.05. The summed E-state index contributed by atoms with van der Waals surface area (Å²) in [4.78, 5) is 17.6. The summed E-state index contributed by atoms with van der Waals surface area (Å²) in [6.45, 7) is 0.819. The number of nitrogens with one attached hydrogen (secondary N) is 1. The second-order valence-corrected chi connectivity index (χ2v) is 9.74. The lowest BCUT2D eigenvalue weighted by Gasteiger charge is -2.44. The molecule has 2 heterocycles. The molecule has 0 unspecified atom stereocenters. The summed E-state index contributed by atoms with van der Waals surface area (Å²) in [5.41, 5.74) is 4.53. The molecule has 6 nitrogen and oxygen atoms in total. The van der Waals surface area contributed by atoms with Crippen LogP contribution in [0, 0.1) is 5.92 Å². The third kappa shape index (κ3) is 4.05. The molecule has 0 aromatic heterocycles. The van der Waals surface area contributed by atoms with Crippen molar-refractivity contribution in [1.82, 2.24) is 10.2 Å². The maximum absolute atomic E-state index is 13.4. The van der Waals surface area contributed by atoms with Crippen molar-refractivity contribution in [1.29, 1.82) is 0 Å². The Morgan fingerprint density at radius 1 is 1.06 bits per heavy atom. The highest BCUT2D eigenvalue weighted by Crippen LogP contribution is 2.49. The molecule has 2 amide bonds. The Morgan fingerprint density at radius 3 is 2.48 bits per heavy atom. The maximum atomic E-state index is 13.4. The zero-order valence-corrected chi connectivity index (χ0v) is 19.7. The van der Waals surface area contributed by atoms with Gasteiger partial charge in [0.1, 0.15) is 5.75 Å². The first-order chi connectivity index (χ1) is 16.1. The Morgan fingerprint density at radius 2 is 1.79 bits per heavy atom. The van der Waals surface area contributed by atoms with E-state index in [9.17, 15) is 9.90 Å². The van der Waals surface area contributed by atoms with E-state index in [0.717, 1.165) is 48.4 Å². The van der Waals surface area contributed by atoms with Crippen LogP contribution in [0.3, 0.4) is 0 Å². The average molecular weight is 450 g/mol. The van der Waals surface area contributed by atoms with Gasteiger partial charge in [-0.05, 0) is 60.2 Å². The number of benzene rings is 2. The van der Waals surface area contributed by atoms with Crippen LogP contribution in [0.15, 0.2) is 42.5 Å². The van der Waals surface area contributed by atoms with Crippen LogP contribution >= 0.6 is 0 Å². The molecule has 176 valence electrons. The molecule has 3 aliphatic rings. The van der Waals surface area contributed by atoms with Crippen LogP contribution in [0.1, 0.15) is 50.1 Å². The molecule has 2 aliphatic heterocycles. The zero-order chi connectivity index (χ0) is 22.9. The van der Waals surface area contributed by atoms with Crippen molar-refractivity contribution in [2.45, 2.75) is 56.7 Å². The van der Waals surface area contributed by atoms with Gasteiger partial charge in [-0.2, -0.15) is 0 Å². The minimum Gasteiger partial charge on any atom is -0.497 e. The molecule has 1 saturated carbocycles. The van der Waals surface area contributed by atoms with Crippen molar-refractivity contribution in [2.75, 3.05) is 32.2 Å². The van der Waals surface area contributed by atoms with Crippen LogP contribution in [-0.4, -0.2) is 55.4 Å². The summed E-state index contributed by atoms with van der Waals surface area (Å²) in [6.07, 6.45) is 6.73. The molecule has 0 bridgehead atoms. The number of aliphatic hydroxyl groups excluding tert-OH is 1. The largest absolute Gasteiger partial charge is 0.497 e. The number of carbonyl (C=O) groups excluding carboxylic acids is 1. The van der Waals surface area contributed by atoms with E-state index in [2.05, 4.69) is 47.6 Å². The maximum Gasteiger partial charge on any atom is 0.318 e. The second kappa shape index (κ2) is 9.26. The number of fused-ring (bicyclic) bond motifs is 3. The van der Waals surface area contributed by atoms with Gasteiger partial charge in [-0.25, -0.2) is 4.79 Å². The van der Waals surface area contributed by atoms with Gasteiger partial charge in [-0.15, -0.1) is 0 Å². The lowest BCUT2D eigenvalue weighted by atomic mass is 9.81. The molecule has 0 spiro atoms. The molecule has 1 saturated heterocycles. The highest BCUT2D eigenvalue weighted by molar-refractivity contribution is 5.78. The highest BCUT2D eigenvalue weighted by Gasteiger charge is 2.47. The number of hydrogen-bond donors (Lipinski definition) is 2. The summed E-state index contributed by atoms with van der Waals surface area (Å²) < 4.78 is 5.31. The van der Waals surface area contributed by atoms with Crippen LogP contribution in [0.5, 0.6) is 5.75 Å². The molecule has 5 rings (SSSR count). The van der Waals surface area contributed by atoms with E-state index in [1.54, 1.807) is 7.11 Å². The van der Waals surface area contributed by atoms with Crippen molar-refractivity contribution in [3.63, 3.8) is 0 Å². The number of carbonyl (C=O) groups is 1. The fraction of sp³-hybridized carbons (Fsp3) is 0.519. The van der Waals surface area contributed by atoms with Gasteiger partial charge in [-0.1, -0.05) is 37.5 Å². The number of methoxy groups -OCH3 is 1. The van der Waals surface area contributed by atoms with Gasteiger partial charge in [0.2, 0.25) is 0 Å². The SMILES string of the molecule is COc1ccc(-c2ccc3c(c2)[C@@H]2[C@@H](CCN2C(=O)NC2CCCCC2)[C@H](CO)N3C)cc1. The van der Waals surface area contributed by atoms with Gasteiger partial charge in [0.25, 0.3) is 0 Å². The number of nitrogens with zero attached hydrogens (tertiary/aromatic N) is 2. The predicted molar refractivity (Wildman–Crippen MR) is 131 cm³/mol. The first kappa shape index (κ1) is 22.1. The van der Waals surface area contributed by atoms with E-state index in [1.165, 1.54) is 24.8 Å². The molecular formula is C27H35N3O3. The molecule has 2 aromatic carbocycles. The average Bonchev–Trinajstić information content (AvgIpc) is 3.30. The number of likely N-dealkylation sites (N-methyl/N-ethyl adjacent to an activating group) is 1. The smallest absolute Gasteiger partial charge is 0.318 e. The lowest BCUT2D eigenvalue weighted by molar-refractivity contribution is 0.156. The number of likely N-dealkylation sites (tertiary alicyclic amines) is 1. The van der Waals surface area contributed by atoms with Crippen molar-refractivity contribution < 1.29 is 14.6 Å². The highest BCUT2D eigenvalue weighted by atomic mass is 16.5. The second-order valence-electron chi connectivity index (χ2n) is 9.74. The van der Waals surface area contributed by atoms with E-state index in [1.807, 2.05) is 17.0 Å². The van der Waals surface area contributed by atoms with Gasteiger partial charge in [0.15, 0.2) is 0 Å². The summed E-state index contributed by atoms with van der Waals surface area (Å²) >= 11 is 0. The van der Waals surface area contributed by atoms with E-state index in [4.69, 9.17) is 4.74 Å². The van der Waals surface area contributed by atoms with E-state index in [-0.39, 0.29) is 36.7 Å². The molecule has 33 heavy (non-hydrogen) atoms. The number of urea groups is 1. The number of ether oxygens (including phenoxy) is 1. The van der Waals surface area contributed by atoms with Gasteiger partial charge in [0, 0.05) is 31.2 Å². The standard InChI is InChI=1S/C27H35N3O3/c1-29-24-13-10-19(18-8-11-21(33-2)12-9-18)16-23(24)26-22(25(29)17-31)14-15-30(26)27(32)28-20-6-4-3-5-7-20/h8-13,16,20,22,25-26,31H,3-7,14-15,17H2,1-2H3,(H,28,32)/t22-,25-,26-/m0/s1. The topological polar surface area (TPSA) is 65.0 Å². The van der Waals surface area contributed by atoms with Crippen molar-refractivity contribution in [3.05, 3.63) is 48.0 Å². The number of hydrogen-bond acceptors (Lipinski definition) is 4. The van der Waals surface area contributed by atoms with Crippen LogP contribution in [-0.2, 0) is 0 Å². The Balaban J connectivity index is 1.49. The predicted octanol–water partition coefficient (Wildman–Crippen LogP) is 4.58. The fourth-order valence-electron chi connectivity index (χ4n) is 6.15. The van der Waals surface area contributed by atoms with Crippen LogP contribution < -0.4 is 15.0 Å². The van der Waals surface area contributed by atoms with Gasteiger partial charge in [-0.3, -0.25) is 0 Å². The van der Waals surface area contributed by atoms with Gasteiger partial charge >= 0.3 is 6.03 Å². The number of anilines is 1. The van der Waals surface area contributed by atoms with Crippen LogP contribution in [0.25, 0.3) is 11.1 Å². The third-order valence-corrected chi connectivity index (χ3v) is 7.97. The van der Waals surface area contributed by atoms with E-state index in [0.29, 0.717) is 0 Å². The zero-order valence-electron chi connectivity index (χ0n) is 19.7. The van der Waals surface area contributed by atoms with Gasteiger partial charge in [0.05, 0.1) is 25.8 Å². The minimum atomic E-state index is -0.0184. The Kier molecular flexibility index (Phi) is 6.19. The number of rotatable bonds is 4. The first-order valence-electron chi connectivity index (χ1n) is 12.3. The summed E-state index contributed by atoms with van der Waals surface area (Å²) in [7, 11) is 3.74. The molecular weight excluding hydrogens is 414 g/mol. The fourth-order valence-corrected chi connectivity index (χ4v) is 6.15. The quantitative estimate of drug-likeness (QED) is 0.717. The third-order valence-electron chi connectivity index (χ3n) is 7.97. The monoisotopic (exact) mass is 449 g/mol.